The van der Waals surface area contributed by atoms with E-state index >= 15 is 0 Å². The van der Waals surface area contributed by atoms with E-state index in [1.54, 1.807) is 11.8 Å². The second kappa shape index (κ2) is 9.66. The highest BCUT2D eigenvalue weighted by atomic mass is 35.5. The lowest BCUT2D eigenvalue weighted by atomic mass is 9.95. The minimum absolute atomic E-state index is 0.429. The normalized spacial score (nSPS) is 14.5. The van der Waals surface area contributed by atoms with Gasteiger partial charge >= 0.3 is 0 Å². The van der Waals surface area contributed by atoms with Crippen molar-refractivity contribution >= 4 is 35.1 Å². The first-order chi connectivity index (χ1) is 12.7. The van der Waals surface area contributed by atoms with Crippen LogP contribution in [0, 0.1) is 11.3 Å². The molecule has 0 fully saturated rings. The monoisotopic (exact) mass is 404 g/mol. The van der Waals surface area contributed by atoms with E-state index < -0.39 is 6.10 Å². The summed E-state index contributed by atoms with van der Waals surface area (Å²) in [5, 5.41) is 21.2. The molecule has 1 unspecified atom stereocenters. The molecule has 136 valence electrons. The molecule has 3 nitrogen and oxygen atoms in total. The summed E-state index contributed by atoms with van der Waals surface area (Å²) in [6.45, 7) is 0. The van der Waals surface area contributed by atoms with Crippen molar-refractivity contribution in [3.05, 3.63) is 57.7 Å². The van der Waals surface area contributed by atoms with Gasteiger partial charge < -0.3 is 5.11 Å². The maximum absolute atomic E-state index is 10.3. The molecule has 1 heterocycles. The van der Waals surface area contributed by atoms with Crippen LogP contribution in [-0.2, 0) is 18.6 Å². The maximum Gasteiger partial charge on any atom is 0.114 e. The van der Waals surface area contributed by atoms with Gasteiger partial charge in [0.15, 0.2) is 0 Å². The molecule has 1 N–H and O–H groups in total. The van der Waals surface area contributed by atoms with Gasteiger partial charge in [-0.2, -0.15) is 17.0 Å². The topological polar surface area (TPSA) is 56.9 Å². The van der Waals surface area contributed by atoms with Crippen LogP contribution in [0.5, 0.6) is 0 Å². The quantitative estimate of drug-likeness (QED) is 0.667. The lowest BCUT2D eigenvalue weighted by Gasteiger charge is -2.17. The van der Waals surface area contributed by atoms with Crippen LogP contribution in [-0.4, -0.2) is 27.7 Å². The molecule has 0 bridgehead atoms. The number of benzene rings is 1. The molecule has 1 aromatic carbocycles. The summed E-state index contributed by atoms with van der Waals surface area (Å²) in [6.07, 6.45) is 3.93. The first kappa shape index (κ1) is 19.6. The number of aliphatic hydroxyl groups is 1. The van der Waals surface area contributed by atoms with Gasteiger partial charge in [0.2, 0.25) is 0 Å². The maximum atomic E-state index is 10.3. The Hall–Kier alpha value is -1.19. The van der Waals surface area contributed by atoms with E-state index in [0.29, 0.717) is 17.1 Å². The number of aryl methyl sites for hydroxylation is 2. The van der Waals surface area contributed by atoms with Crippen molar-refractivity contribution < 1.29 is 5.11 Å². The molecule has 26 heavy (non-hydrogen) atoms. The number of pyridine rings is 1. The van der Waals surface area contributed by atoms with Crippen LogP contribution in [0.3, 0.4) is 0 Å². The molecule has 3 rings (SSSR count). The SMILES string of the molecule is N#Cc1cc2c(nc1SCC(O)CSCc1ccc(Cl)cc1)CCCC2. The van der Waals surface area contributed by atoms with Crippen LogP contribution in [0.1, 0.15) is 35.2 Å². The smallest absolute Gasteiger partial charge is 0.114 e. The van der Waals surface area contributed by atoms with Gasteiger partial charge in [0.05, 0.1) is 11.7 Å². The predicted molar refractivity (Wildman–Crippen MR) is 110 cm³/mol. The molecule has 2 aromatic rings. The lowest BCUT2D eigenvalue weighted by molar-refractivity contribution is 0.225. The van der Waals surface area contributed by atoms with Gasteiger partial charge in [-0.25, -0.2) is 4.98 Å². The van der Waals surface area contributed by atoms with Crippen LogP contribution in [0.15, 0.2) is 35.4 Å². The molecular formula is C20H21ClN2OS2. The van der Waals surface area contributed by atoms with Crippen LogP contribution in [0.25, 0.3) is 0 Å². The van der Waals surface area contributed by atoms with Crippen molar-refractivity contribution in [2.24, 2.45) is 0 Å². The van der Waals surface area contributed by atoms with Crippen LogP contribution in [0.4, 0.5) is 0 Å². The summed E-state index contributed by atoms with van der Waals surface area (Å²) in [7, 11) is 0. The fourth-order valence-electron chi connectivity index (χ4n) is 2.92. The number of hydrogen-bond donors (Lipinski definition) is 1. The molecule has 1 aliphatic rings. The molecule has 1 aromatic heterocycles. The number of nitriles is 1. The molecule has 1 aliphatic carbocycles. The second-order valence-electron chi connectivity index (χ2n) is 6.37. The van der Waals surface area contributed by atoms with Crippen LogP contribution >= 0.6 is 35.1 Å². The van der Waals surface area contributed by atoms with Crippen molar-refractivity contribution in [2.45, 2.75) is 42.6 Å². The number of thioether (sulfide) groups is 2. The molecule has 0 aliphatic heterocycles. The molecule has 0 spiro atoms. The van der Waals surface area contributed by atoms with Gasteiger partial charge in [-0.3, -0.25) is 0 Å². The summed E-state index contributed by atoms with van der Waals surface area (Å²) in [5.41, 5.74) is 4.18. The summed E-state index contributed by atoms with van der Waals surface area (Å²) < 4.78 is 0. The Labute approximate surface area is 168 Å². The summed E-state index contributed by atoms with van der Waals surface area (Å²) in [6, 6.07) is 12.0. The highest BCUT2D eigenvalue weighted by Crippen LogP contribution is 2.28. The molecule has 0 saturated carbocycles. The van der Waals surface area contributed by atoms with E-state index in [4.69, 9.17) is 16.6 Å². The Kier molecular flexibility index (Phi) is 7.27. The number of halogens is 1. The van der Waals surface area contributed by atoms with E-state index in [9.17, 15) is 10.4 Å². The highest BCUT2D eigenvalue weighted by molar-refractivity contribution is 7.99. The average Bonchev–Trinajstić information content (AvgIpc) is 2.67. The largest absolute Gasteiger partial charge is 0.391 e. The number of rotatable bonds is 7. The zero-order valence-electron chi connectivity index (χ0n) is 14.4. The predicted octanol–water partition coefficient (Wildman–Crippen LogP) is 4.87. The summed E-state index contributed by atoms with van der Waals surface area (Å²) in [5.74, 6) is 2.05. The minimum Gasteiger partial charge on any atom is -0.391 e. The fraction of sp³-hybridized carbons (Fsp3) is 0.400. The summed E-state index contributed by atoms with van der Waals surface area (Å²) in [4.78, 5) is 4.70. The van der Waals surface area contributed by atoms with Crippen molar-refractivity contribution in [1.82, 2.24) is 4.98 Å². The van der Waals surface area contributed by atoms with Crippen molar-refractivity contribution in [1.29, 1.82) is 5.26 Å². The van der Waals surface area contributed by atoms with Gasteiger partial charge in [0, 0.05) is 28.0 Å². The third-order valence-electron chi connectivity index (χ3n) is 4.29. The van der Waals surface area contributed by atoms with Crippen molar-refractivity contribution in [2.75, 3.05) is 11.5 Å². The number of nitrogens with zero attached hydrogens (tertiary/aromatic N) is 2. The van der Waals surface area contributed by atoms with Crippen LogP contribution in [0.2, 0.25) is 5.02 Å². The molecule has 0 saturated heterocycles. The van der Waals surface area contributed by atoms with Gasteiger partial charge in [-0.1, -0.05) is 23.7 Å². The number of aliphatic hydroxyl groups excluding tert-OH is 1. The Morgan fingerprint density at radius 1 is 1.19 bits per heavy atom. The zero-order chi connectivity index (χ0) is 18.4. The lowest BCUT2D eigenvalue weighted by Crippen LogP contribution is -2.14. The van der Waals surface area contributed by atoms with E-state index in [1.807, 2.05) is 30.3 Å². The van der Waals surface area contributed by atoms with Gasteiger partial charge in [0.25, 0.3) is 0 Å². The van der Waals surface area contributed by atoms with E-state index in [0.717, 1.165) is 34.3 Å². The van der Waals surface area contributed by atoms with Gasteiger partial charge in [0.1, 0.15) is 11.1 Å². The standard InChI is InChI=1S/C20H21ClN2OS2/c21-17-7-5-14(6-8-17)11-25-12-18(24)13-26-20-16(10-22)9-15-3-1-2-4-19(15)23-20/h5-9,18,24H,1-4,11-13H2. The number of hydrogen-bond acceptors (Lipinski definition) is 5. The van der Waals surface area contributed by atoms with Crippen molar-refractivity contribution in [3.63, 3.8) is 0 Å². The molecule has 1 atom stereocenters. The Morgan fingerprint density at radius 2 is 1.96 bits per heavy atom. The number of aromatic nitrogens is 1. The summed E-state index contributed by atoms with van der Waals surface area (Å²) >= 11 is 9.07. The molecular weight excluding hydrogens is 384 g/mol. The fourth-order valence-corrected chi connectivity index (χ4v) is 5.04. The van der Waals surface area contributed by atoms with Crippen molar-refractivity contribution in [3.8, 4) is 6.07 Å². The zero-order valence-corrected chi connectivity index (χ0v) is 16.8. The first-order valence-electron chi connectivity index (χ1n) is 8.71. The minimum atomic E-state index is -0.429. The third-order valence-corrected chi connectivity index (χ3v) is 6.84. The average molecular weight is 405 g/mol. The highest BCUT2D eigenvalue weighted by Gasteiger charge is 2.16. The second-order valence-corrected chi connectivity index (χ2v) is 8.85. The molecule has 6 heteroatoms. The Morgan fingerprint density at radius 3 is 2.73 bits per heavy atom. The van der Waals surface area contributed by atoms with E-state index in [1.165, 1.54) is 35.7 Å². The number of fused-ring (bicyclic) bond motifs is 1. The molecule has 0 radical (unpaired) electrons. The Bertz CT molecular complexity index is 790. The molecule has 0 amide bonds. The third kappa shape index (κ3) is 5.40. The van der Waals surface area contributed by atoms with Gasteiger partial charge in [-0.15, -0.1) is 11.8 Å². The van der Waals surface area contributed by atoms with E-state index in [2.05, 4.69) is 6.07 Å². The van der Waals surface area contributed by atoms with E-state index in [-0.39, 0.29) is 0 Å². The van der Waals surface area contributed by atoms with Gasteiger partial charge in [-0.05, 0) is 55.0 Å². The first-order valence-corrected chi connectivity index (χ1v) is 11.2. The Balaban J connectivity index is 1.50. The van der Waals surface area contributed by atoms with Crippen LogP contribution < -0.4 is 0 Å².